The molecule has 2 saturated heterocycles. The summed E-state index contributed by atoms with van der Waals surface area (Å²) in [5.41, 5.74) is 0. The lowest BCUT2D eigenvalue weighted by molar-refractivity contribution is -0.181. The molecule has 0 N–H and O–H groups in total. The molecule has 0 aromatic heterocycles. The molecule has 0 spiro atoms. The summed E-state index contributed by atoms with van der Waals surface area (Å²) in [5.74, 6) is 0.513. The highest BCUT2D eigenvalue weighted by Gasteiger charge is 2.41. The molecule has 0 bridgehead atoms. The van der Waals surface area contributed by atoms with Crippen molar-refractivity contribution in [3.05, 3.63) is 36.5 Å². The van der Waals surface area contributed by atoms with E-state index in [-0.39, 0.29) is 5.79 Å². The molecule has 0 amide bonds. The van der Waals surface area contributed by atoms with Crippen LogP contribution in [-0.4, -0.2) is 43.5 Å². The van der Waals surface area contributed by atoms with E-state index in [1.54, 1.807) is 0 Å². The molecule has 2 unspecified atom stereocenters. The van der Waals surface area contributed by atoms with Crippen molar-refractivity contribution in [2.24, 2.45) is 5.92 Å². The molecule has 3 nitrogen and oxygen atoms in total. The number of nitrogens with zero attached hydrogens (tertiary/aromatic N) is 1. The Kier molecular flexibility index (Phi) is 28.7. The second-order valence-corrected chi connectivity index (χ2v) is 16.0. The number of hydrogen-bond donors (Lipinski definition) is 0. The summed E-state index contributed by atoms with van der Waals surface area (Å²) >= 11 is 0. The quantitative estimate of drug-likeness (QED) is 0.0508. The van der Waals surface area contributed by atoms with Gasteiger partial charge in [0.25, 0.3) is 0 Å². The third kappa shape index (κ3) is 24.8. The van der Waals surface area contributed by atoms with Gasteiger partial charge in [-0.25, -0.2) is 0 Å². The maximum atomic E-state index is 6.87. The predicted molar refractivity (Wildman–Crippen MR) is 216 cm³/mol. The van der Waals surface area contributed by atoms with E-state index in [4.69, 9.17) is 9.47 Å². The molecule has 286 valence electrons. The van der Waals surface area contributed by atoms with E-state index in [0.29, 0.717) is 6.10 Å². The molecule has 2 aliphatic rings. The van der Waals surface area contributed by atoms with Crippen molar-refractivity contribution < 1.29 is 9.47 Å². The molecule has 2 heterocycles. The molecule has 0 saturated carbocycles. The van der Waals surface area contributed by atoms with Gasteiger partial charge in [-0.15, -0.1) is 0 Å². The van der Waals surface area contributed by atoms with Crippen molar-refractivity contribution in [3.8, 4) is 0 Å². The Bertz CT molecular complexity index is 797. The van der Waals surface area contributed by atoms with Crippen molar-refractivity contribution in [1.29, 1.82) is 0 Å². The fraction of sp³-hybridized carbons (Fsp3) is 0.870. The highest BCUT2D eigenvalue weighted by Crippen LogP contribution is 2.37. The minimum absolute atomic E-state index is 0.299. The zero-order valence-corrected chi connectivity index (χ0v) is 33.4. The molecule has 0 radical (unpaired) electrons. The average molecular weight is 684 g/mol. The fourth-order valence-corrected chi connectivity index (χ4v) is 7.81. The third-order valence-corrected chi connectivity index (χ3v) is 11.2. The van der Waals surface area contributed by atoms with Crippen molar-refractivity contribution in [1.82, 2.24) is 4.90 Å². The normalized spacial score (nSPS) is 21.0. The first-order valence-electron chi connectivity index (χ1n) is 22.1. The SMILES string of the molecule is CCCCC/C=C\C/C=C\CCCCCCCCC1(CCCCCCCC/C=C\CCCCCCCC)OCC(CC2CCN(C)CC2)O1. The molecule has 2 rings (SSSR count). The summed E-state index contributed by atoms with van der Waals surface area (Å²) in [6, 6.07) is 0. The fourth-order valence-electron chi connectivity index (χ4n) is 7.81. The number of ether oxygens (including phenoxy) is 2. The van der Waals surface area contributed by atoms with Crippen molar-refractivity contribution in [2.45, 2.75) is 225 Å². The molecular weight excluding hydrogens is 599 g/mol. The standard InChI is InChI=1S/C46H85NO2/c1-4-6-8-10-12-14-16-18-20-22-24-26-28-30-32-34-38-46(48-43-45(49-46)42-44-36-40-47(3)41-37-44)39-35-33-31-29-27-25-23-21-19-17-15-13-11-9-7-5-2/h12,14,18-21,44-45H,4-11,13,15-17,22-43H2,1-3H3/b14-12-,20-18-,21-19-. The molecular formula is C46H85NO2. The lowest BCUT2D eigenvalue weighted by atomic mass is 9.91. The topological polar surface area (TPSA) is 21.7 Å². The molecule has 49 heavy (non-hydrogen) atoms. The summed E-state index contributed by atoms with van der Waals surface area (Å²) in [5, 5.41) is 0. The van der Waals surface area contributed by atoms with Gasteiger partial charge >= 0.3 is 0 Å². The molecule has 2 aliphatic heterocycles. The molecule has 2 fully saturated rings. The third-order valence-electron chi connectivity index (χ3n) is 11.2. The number of allylic oxidation sites excluding steroid dienone is 6. The Hall–Kier alpha value is -0.900. The van der Waals surface area contributed by atoms with Gasteiger partial charge in [0.1, 0.15) is 0 Å². The maximum absolute atomic E-state index is 6.87. The van der Waals surface area contributed by atoms with E-state index in [1.165, 1.54) is 193 Å². The van der Waals surface area contributed by atoms with Crippen LogP contribution in [-0.2, 0) is 9.47 Å². The number of hydrogen-bond acceptors (Lipinski definition) is 3. The number of piperidine rings is 1. The second-order valence-electron chi connectivity index (χ2n) is 16.0. The summed E-state index contributed by atoms with van der Waals surface area (Å²) in [6.07, 6.45) is 55.3. The molecule has 0 aromatic rings. The van der Waals surface area contributed by atoms with E-state index < -0.39 is 0 Å². The largest absolute Gasteiger partial charge is 0.347 e. The first-order chi connectivity index (χ1) is 24.2. The Morgan fingerprint density at radius 3 is 1.45 bits per heavy atom. The van der Waals surface area contributed by atoms with Crippen LogP contribution in [0.5, 0.6) is 0 Å². The Morgan fingerprint density at radius 2 is 0.939 bits per heavy atom. The molecule has 0 aromatic carbocycles. The molecule has 0 aliphatic carbocycles. The van der Waals surface area contributed by atoms with Gasteiger partial charge in [-0.3, -0.25) is 0 Å². The smallest absolute Gasteiger partial charge is 0.168 e. The summed E-state index contributed by atoms with van der Waals surface area (Å²) < 4.78 is 13.5. The maximum Gasteiger partial charge on any atom is 0.168 e. The summed E-state index contributed by atoms with van der Waals surface area (Å²) in [4.78, 5) is 2.48. The van der Waals surface area contributed by atoms with E-state index in [1.807, 2.05) is 0 Å². The summed E-state index contributed by atoms with van der Waals surface area (Å²) in [7, 11) is 2.26. The van der Waals surface area contributed by atoms with E-state index in [2.05, 4.69) is 62.3 Å². The van der Waals surface area contributed by atoms with Gasteiger partial charge in [-0.05, 0) is 116 Å². The number of likely N-dealkylation sites (tertiary alicyclic amines) is 1. The van der Waals surface area contributed by atoms with Crippen LogP contribution in [0.15, 0.2) is 36.5 Å². The lowest BCUT2D eigenvalue weighted by Crippen LogP contribution is -2.33. The monoisotopic (exact) mass is 684 g/mol. The second kappa shape index (κ2) is 31.8. The van der Waals surface area contributed by atoms with Crippen LogP contribution in [0.4, 0.5) is 0 Å². The lowest BCUT2D eigenvalue weighted by Gasteiger charge is -2.31. The van der Waals surface area contributed by atoms with Crippen LogP contribution in [0, 0.1) is 5.92 Å². The average Bonchev–Trinajstić information content (AvgIpc) is 3.51. The van der Waals surface area contributed by atoms with Crippen LogP contribution in [0.25, 0.3) is 0 Å². The van der Waals surface area contributed by atoms with Gasteiger partial charge in [-0.1, -0.05) is 147 Å². The first kappa shape index (κ1) is 44.3. The van der Waals surface area contributed by atoms with E-state index >= 15 is 0 Å². The number of rotatable bonds is 33. The molecule has 2 atom stereocenters. The van der Waals surface area contributed by atoms with Gasteiger partial charge in [0.2, 0.25) is 0 Å². The minimum Gasteiger partial charge on any atom is -0.347 e. The van der Waals surface area contributed by atoms with Gasteiger partial charge in [0.15, 0.2) is 5.79 Å². The highest BCUT2D eigenvalue weighted by molar-refractivity contribution is 4.92. The summed E-state index contributed by atoms with van der Waals surface area (Å²) in [6.45, 7) is 7.87. The number of unbranched alkanes of at least 4 members (excludes halogenated alkanes) is 21. The van der Waals surface area contributed by atoms with Crippen molar-refractivity contribution in [2.75, 3.05) is 26.7 Å². The highest BCUT2D eigenvalue weighted by atomic mass is 16.7. The first-order valence-corrected chi connectivity index (χ1v) is 22.1. The van der Waals surface area contributed by atoms with Crippen LogP contribution < -0.4 is 0 Å². The van der Waals surface area contributed by atoms with Crippen LogP contribution in [0.1, 0.15) is 213 Å². The van der Waals surface area contributed by atoms with Crippen molar-refractivity contribution in [3.63, 3.8) is 0 Å². The Labute approximate surface area is 307 Å². The predicted octanol–water partition coefficient (Wildman–Crippen LogP) is 14.5. The zero-order valence-electron chi connectivity index (χ0n) is 33.4. The van der Waals surface area contributed by atoms with Crippen LogP contribution in [0.2, 0.25) is 0 Å². The van der Waals surface area contributed by atoms with E-state index in [9.17, 15) is 0 Å². The van der Waals surface area contributed by atoms with Gasteiger partial charge in [-0.2, -0.15) is 0 Å². The van der Waals surface area contributed by atoms with Gasteiger partial charge in [0, 0.05) is 12.8 Å². The Morgan fingerprint density at radius 1 is 0.531 bits per heavy atom. The van der Waals surface area contributed by atoms with E-state index in [0.717, 1.165) is 31.8 Å². The Balaban J connectivity index is 1.56. The van der Waals surface area contributed by atoms with Crippen LogP contribution >= 0.6 is 0 Å². The molecule has 3 heteroatoms. The van der Waals surface area contributed by atoms with Crippen LogP contribution in [0.3, 0.4) is 0 Å². The van der Waals surface area contributed by atoms with Crippen molar-refractivity contribution >= 4 is 0 Å². The minimum atomic E-state index is -0.299. The van der Waals surface area contributed by atoms with Gasteiger partial charge < -0.3 is 14.4 Å². The zero-order chi connectivity index (χ0) is 34.9. The van der Waals surface area contributed by atoms with Gasteiger partial charge in [0.05, 0.1) is 12.7 Å².